The molecule has 1 unspecified atom stereocenters. The Morgan fingerprint density at radius 1 is 1.28 bits per heavy atom. The fourth-order valence-electron chi connectivity index (χ4n) is 3.71. The third-order valence-corrected chi connectivity index (χ3v) is 5.28. The number of rotatable bonds is 3. The first kappa shape index (κ1) is 17.9. The Morgan fingerprint density at radius 3 is 2.72 bits per heavy atom. The molecule has 0 aliphatic carbocycles. The average Bonchev–Trinajstić information content (AvgIpc) is 3.03. The smallest absolute Gasteiger partial charge is 0.275 e. The summed E-state index contributed by atoms with van der Waals surface area (Å²) in [5, 5.41) is 3.95. The van der Waals surface area contributed by atoms with Crippen molar-refractivity contribution < 1.29 is 14.1 Å². The van der Waals surface area contributed by atoms with Gasteiger partial charge in [0.15, 0.2) is 5.69 Å². The lowest BCUT2D eigenvalue weighted by molar-refractivity contribution is -0.138. The summed E-state index contributed by atoms with van der Waals surface area (Å²) in [6.07, 6.45) is 2.62. The van der Waals surface area contributed by atoms with E-state index < -0.39 is 0 Å². The molecule has 25 heavy (non-hydrogen) atoms. The van der Waals surface area contributed by atoms with Gasteiger partial charge in [-0.2, -0.15) is 0 Å². The zero-order valence-corrected chi connectivity index (χ0v) is 15.6. The molecule has 7 nitrogen and oxygen atoms in total. The van der Waals surface area contributed by atoms with Crippen molar-refractivity contribution in [3.05, 3.63) is 17.0 Å². The molecular formula is C18H28N4O3. The molecule has 0 radical (unpaired) electrons. The number of amides is 2. The van der Waals surface area contributed by atoms with Crippen molar-refractivity contribution in [2.75, 3.05) is 33.7 Å². The predicted octanol–water partition coefficient (Wildman–Crippen LogP) is 1.38. The van der Waals surface area contributed by atoms with Gasteiger partial charge in [-0.25, -0.2) is 0 Å². The van der Waals surface area contributed by atoms with Crippen molar-refractivity contribution in [3.63, 3.8) is 0 Å². The predicted molar refractivity (Wildman–Crippen MR) is 93.1 cm³/mol. The Kier molecular flexibility index (Phi) is 5.13. The highest BCUT2D eigenvalue weighted by Crippen LogP contribution is 2.27. The lowest BCUT2D eigenvalue weighted by Crippen LogP contribution is -2.48. The van der Waals surface area contributed by atoms with E-state index in [1.165, 1.54) is 4.90 Å². The molecular weight excluding hydrogens is 320 g/mol. The van der Waals surface area contributed by atoms with Gasteiger partial charge in [0.1, 0.15) is 5.76 Å². The molecule has 7 heteroatoms. The Balaban J connectivity index is 1.73. The van der Waals surface area contributed by atoms with Gasteiger partial charge in [-0.15, -0.1) is 0 Å². The summed E-state index contributed by atoms with van der Waals surface area (Å²) in [5.41, 5.74) is 1.11. The van der Waals surface area contributed by atoms with E-state index >= 15 is 0 Å². The molecule has 1 atom stereocenters. The SMILES string of the molecule is CC(C)N1CCCC(C(=O)N2CCc3onc(C(=O)N(C)C)c3C2)C1. The zero-order valence-electron chi connectivity index (χ0n) is 15.6. The van der Waals surface area contributed by atoms with E-state index in [0.29, 0.717) is 31.2 Å². The van der Waals surface area contributed by atoms with E-state index in [2.05, 4.69) is 23.9 Å². The lowest BCUT2D eigenvalue weighted by atomic mass is 9.94. The summed E-state index contributed by atoms with van der Waals surface area (Å²) >= 11 is 0. The summed E-state index contributed by atoms with van der Waals surface area (Å²) in [6, 6.07) is 0.464. The summed E-state index contributed by atoms with van der Waals surface area (Å²) in [5.74, 6) is 0.802. The van der Waals surface area contributed by atoms with Gasteiger partial charge < -0.3 is 19.2 Å². The Labute approximate surface area is 148 Å². The zero-order chi connectivity index (χ0) is 18.1. The van der Waals surface area contributed by atoms with Crippen molar-refractivity contribution in [2.24, 2.45) is 5.92 Å². The van der Waals surface area contributed by atoms with E-state index in [1.807, 2.05) is 4.90 Å². The second-order valence-corrected chi connectivity index (χ2v) is 7.57. The van der Waals surface area contributed by atoms with Gasteiger partial charge in [-0.1, -0.05) is 5.16 Å². The molecule has 0 saturated carbocycles. The maximum absolute atomic E-state index is 13.0. The highest BCUT2D eigenvalue weighted by molar-refractivity contribution is 5.93. The van der Waals surface area contributed by atoms with Crippen LogP contribution in [-0.4, -0.2) is 71.4 Å². The number of hydrogen-bond acceptors (Lipinski definition) is 5. The topological polar surface area (TPSA) is 69.9 Å². The summed E-state index contributed by atoms with van der Waals surface area (Å²) < 4.78 is 5.34. The van der Waals surface area contributed by atoms with Crippen molar-refractivity contribution in [1.29, 1.82) is 0 Å². The Hall–Kier alpha value is -1.89. The maximum Gasteiger partial charge on any atom is 0.275 e. The van der Waals surface area contributed by atoms with E-state index in [0.717, 1.165) is 37.3 Å². The van der Waals surface area contributed by atoms with Crippen LogP contribution < -0.4 is 0 Å². The minimum absolute atomic E-state index is 0.0468. The van der Waals surface area contributed by atoms with Gasteiger partial charge >= 0.3 is 0 Å². The first-order chi connectivity index (χ1) is 11.9. The first-order valence-electron chi connectivity index (χ1n) is 9.10. The van der Waals surface area contributed by atoms with Gasteiger partial charge in [0, 0.05) is 45.2 Å². The van der Waals surface area contributed by atoms with Crippen LogP contribution in [0.2, 0.25) is 0 Å². The van der Waals surface area contributed by atoms with Crippen molar-refractivity contribution in [2.45, 2.75) is 45.7 Å². The van der Waals surface area contributed by atoms with Crippen LogP contribution in [0.3, 0.4) is 0 Å². The van der Waals surface area contributed by atoms with E-state index in [-0.39, 0.29) is 17.7 Å². The molecule has 1 saturated heterocycles. The third kappa shape index (κ3) is 3.56. The van der Waals surface area contributed by atoms with E-state index in [1.54, 1.807) is 14.1 Å². The van der Waals surface area contributed by atoms with Crippen LogP contribution in [-0.2, 0) is 17.8 Å². The fourth-order valence-corrected chi connectivity index (χ4v) is 3.71. The monoisotopic (exact) mass is 348 g/mol. The molecule has 2 amide bonds. The normalized spacial score (nSPS) is 21.3. The van der Waals surface area contributed by atoms with Crippen LogP contribution in [0.5, 0.6) is 0 Å². The minimum Gasteiger partial charge on any atom is -0.360 e. The van der Waals surface area contributed by atoms with Gasteiger partial charge in [0.05, 0.1) is 12.5 Å². The third-order valence-electron chi connectivity index (χ3n) is 5.28. The highest BCUT2D eigenvalue weighted by Gasteiger charge is 2.34. The summed E-state index contributed by atoms with van der Waals surface area (Å²) in [6.45, 7) is 7.30. The largest absolute Gasteiger partial charge is 0.360 e. The highest BCUT2D eigenvalue weighted by atomic mass is 16.5. The Bertz CT molecular complexity index is 653. The molecule has 0 spiro atoms. The summed E-state index contributed by atoms with van der Waals surface area (Å²) in [7, 11) is 3.38. The number of nitrogens with zero attached hydrogens (tertiary/aromatic N) is 4. The number of piperidine rings is 1. The second kappa shape index (κ2) is 7.15. The molecule has 138 valence electrons. The number of fused-ring (bicyclic) bond motifs is 1. The molecule has 1 aromatic rings. The Morgan fingerprint density at radius 2 is 2.04 bits per heavy atom. The number of hydrogen-bond donors (Lipinski definition) is 0. The van der Waals surface area contributed by atoms with Crippen LogP contribution >= 0.6 is 0 Å². The molecule has 0 N–H and O–H groups in total. The van der Waals surface area contributed by atoms with Crippen LogP contribution in [0.25, 0.3) is 0 Å². The van der Waals surface area contributed by atoms with Crippen molar-refractivity contribution in [3.8, 4) is 0 Å². The van der Waals surface area contributed by atoms with Gasteiger partial charge in [-0.05, 0) is 33.2 Å². The number of likely N-dealkylation sites (tertiary alicyclic amines) is 1. The maximum atomic E-state index is 13.0. The van der Waals surface area contributed by atoms with Crippen LogP contribution in [0.15, 0.2) is 4.52 Å². The molecule has 1 fully saturated rings. The van der Waals surface area contributed by atoms with Crippen molar-refractivity contribution in [1.82, 2.24) is 19.9 Å². The van der Waals surface area contributed by atoms with E-state index in [4.69, 9.17) is 4.52 Å². The molecule has 3 rings (SSSR count). The van der Waals surface area contributed by atoms with Crippen LogP contribution in [0.1, 0.15) is 48.5 Å². The van der Waals surface area contributed by atoms with Gasteiger partial charge in [-0.3, -0.25) is 9.59 Å². The lowest BCUT2D eigenvalue weighted by Gasteiger charge is -2.37. The molecule has 1 aromatic heterocycles. The average molecular weight is 348 g/mol. The van der Waals surface area contributed by atoms with Gasteiger partial charge in [0.25, 0.3) is 5.91 Å². The molecule has 0 bridgehead atoms. The minimum atomic E-state index is -0.178. The number of carbonyl (C=O) groups excluding carboxylic acids is 2. The fraction of sp³-hybridized carbons (Fsp3) is 0.722. The molecule has 3 heterocycles. The molecule has 0 aromatic carbocycles. The quantitative estimate of drug-likeness (QED) is 0.825. The van der Waals surface area contributed by atoms with Crippen LogP contribution in [0.4, 0.5) is 0 Å². The molecule has 2 aliphatic heterocycles. The summed E-state index contributed by atoms with van der Waals surface area (Å²) in [4.78, 5) is 31.0. The van der Waals surface area contributed by atoms with Crippen LogP contribution in [0, 0.1) is 5.92 Å². The molecule has 2 aliphatic rings. The second-order valence-electron chi connectivity index (χ2n) is 7.57. The number of aromatic nitrogens is 1. The van der Waals surface area contributed by atoms with Gasteiger partial charge in [0.2, 0.25) is 5.91 Å². The number of carbonyl (C=O) groups is 2. The van der Waals surface area contributed by atoms with Crippen molar-refractivity contribution >= 4 is 11.8 Å². The van der Waals surface area contributed by atoms with E-state index in [9.17, 15) is 9.59 Å². The standard InChI is InChI=1S/C18H28N4O3/c1-12(2)21-8-5-6-13(10-21)17(23)22-9-7-15-14(11-22)16(19-25-15)18(24)20(3)4/h12-13H,5-11H2,1-4H3. The first-order valence-corrected chi connectivity index (χ1v) is 9.10.